The average molecular weight is 309 g/mol. The van der Waals surface area contributed by atoms with Gasteiger partial charge in [0.1, 0.15) is 23.4 Å². The van der Waals surface area contributed by atoms with Crippen LogP contribution in [0.3, 0.4) is 0 Å². The van der Waals surface area contributed by atoms with Crippen LogP contribution in [0.1, 0.15) is 17.2 Å². The van der Waals surface area contributed by atoms with E-state index in [2.05, 4.69) is 0 Å². The van der Waals surface area contributed by atoms with E-state index in [4.69, 9.17) is 25.8 Å². The van der Waals surface area contributed by atoms with Gasteiger partial charge in [0.05, 0.1) is 26.4 Å². The Hall–Kier alpha value is -1.91. The first-order valence-electron chi connectivity index (χ1n) is 6.33. The first-order valence-corrected chi connectivity index (χ1v) is 6.71. The fraction of sp³-hybridized carbons (Fsp3) is 0.250. The summed E-state index contributed by atoms with van der Waals surface area (Å²) in [6, 6.07) is 10.4. The van der Waals surface area contributed by atoms with Crippen molar-refractivity contribution in [1.29, 1.82) is 0 Å². The van der Waals surface area contributed by atoms with E-state index < -0.39 is 6.10 Å². The van der Waals surface area contributed by atoms with Crippen molar-refractivity contribution in [2.24, 2.45) is 0 Å². The normalized spacial score (nSPS) is 11.9. The number of aliphatic hydroxyl groups excluding tert-OH is 1. The molecule has 5 heteroatoms. The largest absolute Gasteiger partial charge is 0.497 e. The minimum Gasteiger partial charge on any atom is -0.497 e. The number of halogens is 1. The van der Waals surface area contributed by atoms with Crippen LogP contribution < -0.4 is 14.2 Å². The van der Waals surface area contributed by atoms with Crippen molar-refractivity contribution in [3.63, 3.8) is 0 Å². The van der Waals surface area contributed by atoms with Gasteiger partial charge in [0.2, 0.25) is 0 Å². The smallest absolute Gasteiger partial charge is 0.137 e. The molecule has 0 saturated carbocycles. The molecule has 0 bridgehead atoms. The van der Waals surface area contributed by atoms with Crippen LogP contribution in [-0.4, -0.2) is 26.4 Å². The standard InChI is InChI=1S/C16H17ClO4/c1-19-12-6-11(7-13(9-12)20-2)16(18)10-4-5-14(17)15(8-10)21-3/h4-9,16,18H,1-3H3. The number of benzene rings is 2. The van der Waals surface area contributed by atoms with Gasteiger partial charge < -0.3 is 19.3 Å². The lowest BCUT2D eigenvalue weighted by Gasteiger charge is -2.15. The lowest BCUT2D eigenvalue weighted by Crippen LogP contribution is -2.01. The van der Waals surface area contributed by atoms with Gasteiger partial charge >= 0.3 is 0 Å². The van der Waals surface area contributed by atoms with Crippen LogP contribution in [0.4, 0.5) is 0 Å². The van der Waals surface area contributed by atoms with Gasteiger partial charge in [0.15, 0.2) is 0 Å². The third-order valence-electron chi connectivity index (χ3n) is 3.18. The van der Waals surface area contributed by atoms with E-state index in [1.165, 1.54) is 7.11 Å². The van der Waals surface area contributed by atoms with Crippen LogP contribution in [0.2, 0.25) is 5.02 Å². The Morgan fingerprint density at radius 1 is 0.857 bits per heavy atom. The second-order valence-electron chi connectivity index (χ2n) is 4.44. The highest BCUT2D eigenvalue weighted by Crippen LogP contribution is 2.33. The van der Waals surface area contributed by atoms with Gasteiger partial charge in [-0.05, 0) is 35.4 Å². The Bertz CT molecular complexity index is 605. The molecule has 0 radical (unpaired) electrons. The molecule has 4 nitrogen and oxygen atoms in total. The van der Waals surface area contributed by atoms with Crippen molar-refractivity contribution in [2.45, 2.75) is 6.10 Å². The van der Waals surface area contributed by atoms with E-state index in [0.29, 0.717) is 33.4 Å². The Labute approximate surface area is 128 Å². The van der Waals surface area contributed by atoms with Gasteiger partial charge in [-0.2, -0.15) is 0 Å². The molecular formula is C16H17ClO4. The van der Waals surface area contributed by atoms with Gasteiger partial charge in [0.25, 0.3) is 0 Å². The van der Waals surface area contributed by atoms with Crippen molar-refractivity contribution in [2.75, 3.05) is 21.3 Å². The summed E-state index contributed by atoms with van der Waals surface area (Å²) >= 11 is 6.00. The topological polar surface area (TPSA) is 47.9 Å². The second-order valence-corrected chi connectivity index (χ2v) is 4.85. The van der Waals surface area contributed by atoms with Gasteiger partial charge in [0, 0.05) is 6.07 Å². The first-order chi connectivity index (χ1) is 10.1. The number of rotatable bonds is 5. The second kappa shape index (κ2) is 6.70. The quantitative estimate of drug-likeness (QED) is 0.919. The maximum absolute atomic E-state index is 10.5. The van der Waals surface area contributed by atoms with Crippen LogP contribution in [0.15, 0.2) is 36.4 Å². The summed E-state index contributed by atoms with van der Waals surface area (Å²) in [5, 5.41) is 11.0. The maximum atomic E-state index is 10.5. The van der Waals surface area contributed by atoms with Gasteiger partial charge in [-0.15, -0.1) is 0 Å². The number of hydrogen-bond donors (Lipinski definition) is 1. The molecule has 1 unspecified atom stereocenters. The Balaban J connectivity index is 2.41. The molecule has 2 aromatic rings. The summed E-state index contributed by atoms with van der Waals surface area (Å²) in [5.41, 5.74) is 1.34. The maximum Gasteiger partial charge on any atom is 0.137 e. The Kier molecular flexibility index (Phi) is 4.94. The molecule has 1 atom stereocenters. The van der Waals surface area contributed by atoms with Crippen molar-refractivity contribution < 1.29 is 19.3 Å². The van der Waals surface area contributed by atoms with Crippen molar-refractivity contribution >= 4 is 11.6 Å². The van der Waals surface area contributed by atoms with E-state index in [1.54, 1.807) is 50.6 Å². The van der Waals surface area contributed by atoms with Gasteiger partial charge in [-0.25, -0.2) is 0 Å². The summed E-state index contributed by atoms with van der Waals surface area (Å²) < 4.78 is 15.6. The van der Waals surface area contributed by atoms with Crippen LogP contribution in [0, 0.1) is 0 Å². The van der Waals surface area contributed by atoms with Crippen LogP contribution >= 0.6 is 11.6 Å². The highest BCUT2D eigenvalue weighted by molar-refractivity contribution is 6.32. The highest BCUT2D eigenvalue weighted by Gasteiger charge is 2.15. The molecule has 0 heterocycles. The third-order valence-corrected chi connectivity index (χ3v) is 3.49. The molecular weight excluding hydrogens is 292 g/mol. The van der Waals surface area contributed by atoms with E-state index in [9.17, 15) is 5.11 Å². The van der Waals surface area contributed by atoms with Gasteiger partial charge in [-0.1, -0.05) is 17.7 Å². The number of methoxy groups -OCH3 is 3. The van der Waals surface area contributed by atoms with Gasteiger partial charge in [-0.3, -0.25) is 0 Å². The SMILES string of the molecule is COc1cc(OC)cc(C(O)c2ccc(Cl)c(OC)c2)c1. The van der Waals surface area contributed by atoms with Crippen LogP contribution in [0.5, 0.6) is 17.2 Å². The molecule has 0 amide bonds. The number of hydrogen-bond acceptors (Lipinski definition) is 4. The predicted octanol–water partition coefficient (Wildman–Crippen LogP) is 3.45. The molecule has 1 N–H and O–H groups in total. The predicted molar refractivity (Wildman–Crippen MR) is 81.6 cm³/mol. The first kappa shape index (κ1) is 15.5. The lowest BCUT2D eigenvalue weighted by atomic mass is 10.0. The Morgan fingerprint density at radius 2 is 1.48 bits per heavy atom. The summed E-state index contributed by atoms with van der Waals surface area (Å²) in [6.45, 7) is 0. The zero-order valence-corrected chi connectivity index (χ0v) is 12.8. The average Bonchev–Trinajstić information content (AvgIpc) is 2.54. The molecule has 0 fully saturated rings. The van der Waals surface area contributed by atoms with Crippen LogP contribution in [0.25, 0.3) is 0 Å². The fourth-order valence-electron chi connectivity index (χ4n) is 2.03. The molecule has 0 spiro atoms. The van der Waals surface area contributed by atoms with E-state index >= 15 is 0 Å². The molecule has 0 saturated heterocycles. The molecule has 0 aliphatic carbocycles. The third kappa shape index (κ3) is 3.40. The van der Waals surface area contributed by atoms with Crippen molar-refractivity contribution in [1.82, 2.24) is 0 Å². The summed E-state index contributed by atoms with van der Waals surface area (Å²) in [7, 11) is 4.67. The van der Waals surface area contributed by atoms with Crippen LogP contribution in [-0.2, 0) is 0 Å². The highest BCUT2D eigenvalue weighted by atomic mass is 35.5. The molecule has 0 aliphatic heterocycles. The van der Waals surface area contributed by atoms with E-state index in [0.717, 1.165) is 0 Å². The minimum atomic E-state index is -0.833. The lowest BCUT2D eigenvalue weighted by molar-refractivity contribution is 0.218. The summed E-state index contributed by atoms with van der Waals surface area (Å²) in [5.74, 6) is 1.75. The summed E-state index contributed by atoms with van der Waals surface area (Å²) in [6.07, 6.45) is -0.833. The number of ether oxygens (including phenoxy) is 3. The molecule has 2 aromatic carbocycles. The molecule has 112 valence electrons. The van der Waals surface area contributed by atoms with Crippen molar-refractivity contribution in [3.8, 4) is 17.2 Å². The zero-order valence-electron chi connectivity index (χ0n) is 12.1. The Morgan fingerprint density at radius 3 is 2.00 bits per heavy atom. The molecule has 0 aromatic heterocycles. The molecule has 21 heavy (non-hydrogen) atoms. The zero-order chi connectivity index (χ0) is 15.4. The monoisotopic (exact) mass is 308 g/mol. The molecule has 0 aliphatic rings. The fourth-order valence-corrected chi connectivity index (χ4v) is 2.22. The summed E-state index contributed by atoms with van der Waals surface area (Å²) in [4.78, 5) is 0. The van der Waals surface area contributed by atoms with Crippen molar-refractivity contribution in [3.05, 3.63) is 52.5 Å². The number of aliphatic hydroxyl groups is 1. The van der Waals surface area contributed by atoms with E-state index in [-0.39, 0.29) is 0 Å². The molecule has 2 rings (SSSR count). The van der Waals surface area contributed by atoms with E-state index in [1.807, 2.05) is 0 Å². The minimum absolute atomic E-state index is 0.497.